The predicted molar refractivity (Wildman–Crippen MR) is 76.3 cm³/mol. The molecule has 0 saturated heterocycles. The van der Waals surface area contributed by atoms with Crippen LogP contribution in [0.3, 0.4) is 0 Å². The van der Waals surface area contributed by atoms with E-state index in [9.17, 15) is 9.13 Å². The third-order valence-corrected chi connectivity index (χ3v) is 6.20. The van der Waals surface area contributed by atoms with E-state index in [1.54, 1.807) is 30.3 Å². The van der Waals surface area contributed by atoms with Gasteiger partial charge in [0.25, 0.3) is 0 Å². The third-order valence-electron chi connectivity index (χ3n) is 1.91. The summed E-state index contributed by atoms with van der Waals surface area (Å²) >= 11 is 4.66. The summed E-state index contributed by atoms with van der Waals surface area (Å²) in [6, 6.07) is 8.06. The SMILES string of the molecule is O=P(O)(O)C(C(=S)Nc1ccccc1)P(=O)(O)O.[Na]. The second-order valence-corrected chi connectivity index (χ2v) is 7.64. The van der Waals surface area contributed by atoms with Gasteiger partial charge in [-0.1, -0.05) is 30.4 Å². The number of para-hydroxylation sites is 1. The van der Waals surface area contributed by atoms with Gasteiger partial charge in [0.05, 0.1) is 0 Å². The first-order chi connectivity index (χ1) is 8.12. The van der Waals surface area contributed by atoms with Crippen LogP contribution in [0, 0.1) is 0 Å². The molecule has 5 N–H and O–H groups in total. The number of rotatable bonds is 4. The molecule has 11 heteroatoms. The molecule has 0 aliphatic heterocycles. The summed E-state index contributed by atoms with van der Waals surface area (Å²) in [5.41, 5.74) is 0.384. The van der Waals surface area contributed by atoms with Crippen molar-refractivity contribution >= 4 is 67.6 Å². The van der Waals surface area contributed by atoms with Gasteiger partial charge in [0.15, 0.2) is 0 Å². The van der Waals surface area contributed by atoms with Gasteiger partial charge in [-0.25, -0.2) is 0 Å². The molecule has 101 valence electrons. The van der Waals surface area contributed by atoms with Crippen molar-refractivity contribution in [1.82, 2.24) is 0 Å². The maximum absolute atomic E-state index is 11.1. The van der Waals surface area contributed by atoms with Crippen molar-refractivity contribution in [3.63, 3.8) is 0 Å². The van der Waals surface area contributed by atoms with E-state index in [0.717, 1.165) is 0 Å². The molecule has 0 atom stereocenters. The fraction of sp³-hybridized carbons (Fsp3) is 0.125. The molecule has 0 bridgehead atoms. The smallest absolute Gasteiger partial charge is 0.347 e. The standard InChI is InChI=1S/C8H11NO6P2S.Na/c10-16(11,12)8(17(13,14)15)7(18)9-6-4-2-1-3-5-6;/h1-5,8H,(H,9,18)(H2,10,11,12)(H2,13,14,15);. The van der Waals surface area contributed by atoms with Gasteiger partial charge in [0, 0.05) is 35.2 Å². The van der Waals surface area contributed by atoms with Crippen LogP contribution in [0.4, 0.5) is 5.69 Å². The summed E-state index contributed by atoms with van der Waals surface area (Å²) in [5, 5.41) is 0.0689. The second kappa shape index (κ2) is 7.43. The van der Waals surface area contributed by atoms with E-state index in [1.165, 1.54) is 0 Å². The van der Waals surface area contributed by atoms with E-state index >= 15 is 0 Å². The van der Waals surface area contributed by atoms with Gasteiger partial charge in [-0.2, -0.15) is 0 Å². The van der Waals surface area contributed by atoms with Crippen molar-refractivity contribution in [3.8, 4) is 0 Å². The van der Waals surface area contributed by atoms with Crippen LogP contribution in [0.5, 0.6) is 0 Å². The maximum Gasteiger partial charge on any atom is 0.347 e. The molecule has 7 nitrogen and oxygen atoms in total. The largest absolute Gasteiger partial charge is 0.349 e. The van der Waals surface area contributed by atoms with Gasteiger partial charge >= 0.3 is 15.2 Å². The van der Waals surface area contributed by atoms with Crippen LogP contribution in [0.2, 0.25) is 0 Å². The molecule has 0 aliphatic rings. The molecule has 0 amide bonds. The number of hydrogen-bond donors (Lipinski definition) is 5. The van der Waals surface area contributed by atoms with Crippen molar-refractivity contribution in [2.75, 3.05) is 5.32 Å². The Morgan fingerprint density at radius 2 is 1.47 bits per heavy atom. The minimum atomic E-state index is -5.06. The fourth-order valence-electron chi connectivity index (χ4n) is 1.23. The van der Waals surface area contributed by atoms with Gasteiger partial charge in [-0.05, 0) is 12.1 Å². The van der Waals surface area contributed by atoms with Crippen molar-refractivity contribution in [1.29, 1.82) is 0 Å². The topological polar surface area (TPSA) is 127 Å². The monoisotopic (exact) mass is 334 g/mol. The van der Waals surface area contributed by atoms with Gasteiger partial charge in [-0.3, -0.25) is 9.13 Å². The Morgan fingerprint density at radius 3 is 1.84 bits per heavy atom. The number of thiocarbonyl (C=S) groups is 1. The van der Waals surface area contributed by atoms with E-state index < -0.39 is 25.6 Å². The Morgan fingerprint density at radius 1 is 1.05 bits per heavy atom. The first kappa shape index (κ1) is 19.4. The minimum absolute atomic E-state index is 0. The van der Waals surface area contributed by atoms with Crippen LogP contribution in [-0.2, 0) is 9.13 Å². The Bertz CT molecular complexity index is 507. The molecule has 1 rings (SSSR count). The van der Waals surface area contributed by atoms with E-state index in [4.69, 9.17) is 19.6 Å². The zero-order chi connectivity index (χ0) is 14.0. The van der Waals surface area contributed by atoms with Crippen LogP contribution < -0.4 is 5.32 Å². The van der Waals surface area contributed by atoms with Crippen molar-refractivity contribution in [2.45, 2.75) is 5.40 Å². The average Bonchev–Trinajstić information content (AvgIpc) is 2.13. The van der Waals surface area contributed by atoms with Crippen LogP contribution in [0.25, 0.3) is 0 Å². The number of benzene rings is 1. The summed E-state index contributed by atoms with van der Waals surface area (Å²) in [4.78, 5) is 35.2. The molecule has 1 aromatic carbocycles. The zero-order valence-corrected chi connectivity index (χ0v) is 14.5. The number of hydrogen-bond acceptors (Lipinski definition) is 3. The van der Waals surface area contributed by atoms with E-state index in [-0.39, 0.29) is 29.6 Å². The summed E-state index contributed by atoms with van der Waals surface area (Å²) in [6.45, 7) is 0. The Balaban J connectivity index is 0.00000324. The normalized spacial score (nSPS) is 11.8. The zero-order valence-electron chi connectivity index (χ0n) is 9.87. The summed E-state index contributed by atoms with van der Waals surface area (Å²) in [5.74, 6) is 0. The summed E-state index contributed by atoms with van der Waals surface area (Å²) in [6.07, 6.45) is 0. The van der Waals surface area contributed by atoms with Gasteiger partial charge in [0.1, 0.15) is 4.99 Å². The summed E-state index contributed by atoms with van der Waals surface area (Å²) < 4.78 is 22.2. The molecule has 0 saturated carbocycles. The molecule has 19 heavy (non-hydrogen) atoms. The molecule has 0 aliphatic carbocycles. The van der Waals surface area contributed by atoms with Crippen LogP contribution in [-0.4, -0.2) is 59.5 Å². The maximum atomic E-state index is 11.1. The molecule has 1 aromatic rings. The van der Waals surface area contributed by atoms with Crippen molar-refractivity contribution < 1.29 is 28.7 Å². The van der Waals surface area contributed by atoms with Crippen molar-refractivity contribution in [3.05, 3.63) is 30.3 Å². The first-order valence-corrected chi connectivity index (χ1v) is 8.36. The van der Waals surface area contributed by atoms with Crippen LogP contribution in [0.15, 0.2) is 30.3 Å². The summed E-state index contributed by atoms with van der Waals surface area (Å²) in [7, 11) is -10.1. The van der Waals surface area contributed by atoms with E-state index in [2.05, 4.69) is 17.5 Å². The molecular formula is C8H11NNaO6P2S. The fourth-order valence-corrected chi connectivity index (χ4v) is 4.48. The molecule has 1 radical (unpaired) electrons. The molecular weight excluding hydrogens is 323 g/mol. The predicted octanol–water partition coefficient (Wildman–Crippen LogP) is 0.727. The average molecular weight is 334 g/mol. The first-order valence-electron chi connectivity index (χ1n) is 4.59. The Hall–Kier alpha value is 0.410. The van der Waals surface area contributed by atoms with Gasteiger partial charge < -0.3 is 24.9 Å². The second-order valence-electron chi connectivity index (χ2n) is 3.41. The van der Waals surface area contributed by atoms with Crippen molar-refractivity contribution in [2.24, 2.45) is 0 Å². The molecule has 0 unspecified atom stereocenters. The van der Waals surface area contributed by atoms with Crippen LogP contribution in [0.1, 0.15) is 0 Å². The van der Waals surface area contributed by atoms with E-state index in [1.807, 2.05) is 0 Å². The minimum Gasteiger partial charge on any atom is -0.349 e. The quantitative estimate of drug-likeness (QED) is 0.310. The number of anilines is 1. The van der Waals surface area contributed by atoms with Gasteiger partial charge in [0.2, 0.25) is 5.40 Å². The molecule has 0 fully saturated rings. The van der Waals surface area contributed by atoms with Gasteiger partial charge in [-0.15, -0.1) is 0 Å². The number of nitrogens with one attached hydrogen (secondary N) is 1. The Labute approximate surface area is 137 Å². The third kappa shape index (κ3) is 6.14. The van der Waals surface area contributed by atoms with E-state index in [0.29, 0.717) is 5.69 Å². The molecule has 0 aromatic heterocycles. The Kier molecular flexibility index (Phi) is 7.59. The molecule has 0 heterocycles. The molecule has 0 spiro atoms. The van der Waals surface area contributed by atoms with Crippen LogP contribution >= 0.6 is 27.4 Å².